The van der Waals surface area contributed by atoms with Gasteiger partial charge in [-0.2, -0.15) is 0 Å². The molecule has 166 valence electrons. The number of benzene rings is 1. The third-order valence-electron chi connectivity index (χ3n) is 4.73. The van der Waals surface area contributed by atoms with E-state index in [-0.39, 0.29) is 42.4 Å². The number of aliphatic imine (C=N–C) groups is 1. The van der Waals surface area contributed by atoms with Crippen molar-refractivity contribution in [3.8, 4) is 0 Å². The molecule has 0 radical (unpaired) electrons. The molecule has 31 heavy (non-hydrogen) atoms. The van der Waals surface area contributed by atoms with E-state index >= 15 is 0 Å². The van der Waals surface area contributed by atoms with Crippen LogP contribution in [0, 0.1) is 12.7 Å². The third-order valence-corrected chi connectivity index (χ3v) is 4.73. The zero-order valence-electron chi connectivity index (χ0n) is 16.9. The Balaban J connectivity index is 0.00000107. The molecule has 0 spiro atoms. The van der Waals surface area contributed by atoms with E-state index in [0.717, 1.165) is 18.6 Å². The fraction of sp³-hybridized carbons (Fsp3) is 0.333. The summed E-state index contributed by atoms with van der Waals surface area (Å²) in [6.45, 7) is 1.50. The maximum Gasteiger partial charge on any atom is 0.299 e. The number of pyridine rings is 1. The molecule has 0 unspecified atom stereocenters. The number of hydrogen-bond donors (Lipinski definition) is 2. The van der Waals surface area contributed by atoms with E-state index in [0.29, 0.717) is 5.56 Å². The van der Waals surface area contributed by atoms with Gasteiger partial charge in [0.1, 0.15) is 30.6 Å². The summed E-state index contributed by atoms with van der Waals surface area (Å²) in [5, 5.41) is 6.89. The van der Waals surface area contributed by atoms with E-state index in [1.807, 2.05) is 6.92 Å². The van der Waals surface area contributed by atoms with E-state index in [1.54, 1.807) is 18.3 Å². The molecule has 0 aliphatic carbocycles. The van der Waals surface area contributed by atoms with Crippen LogP contribution in [0.25, 0.3) is 0 Å². The number of aryl methyl sites for hydroxylation is 1. The van der Waals surface area contributed by atoms with Crippen LogP contribution in [0.5, 0.6) is 0 Å². The Morgan fingerprint density at radius 1 is 1.32 bits per heavy atom. The van der Waals surface area contributed by atoms with Gasteiger partial charge in [-0.1, -0.05) is 12.1 Å². The summed E-state index contributed by atoms with van der Waals surface area (Å²) in [4.78, 5) is 28.7. The quantitative estimate of drug-likeness (QED) is 0.562. The summed E-state index contributed by atoms with van der Waals surface area (Å²) in [7, 11) is 0. The van der Waals surface area contributed by atoms with Gasteiger partial charge in [-0.3, -0.25) is 19.6 Å². The van der Waals surface area contributed by atoms with Gasteiger partial charge in [0.2, 0.25) is 0 Å². The highest BCUT2D eigenvalue weighted by molar-refractivity contribution is 5.95. The lowest BCUT2D eigenvalue weighted by Gasteiger charge is -2.33. The molecule has 1 aliphatic heterocycles. The largest absolute Gasteiger partial charge is 0.483 e. The van der Waals surface area contributed by atoms with Crippen LogP contribution in [0.1, 0.15) is 34.1 Å². The number of amidine groups is 1. The summed E-state index contributed by atoms with van der Waals surface area (Å²) in [5.41, 5.74) is 4.57. The fourth-order valence-electron chi connectivity index (χ4n) is 3.05. The van der Waals surface area contributed by atoms with Crippen LogP contribution in [-0.4, -0.2) is 47.3 Å². The molecule has 2 aromatic rings. The van der Waals surface area contributed by atoms with Gasteiger partial charge < -0.3 is 15.6 Å². The number of rotatable bonds is 4. The molecule has 1 aromatic carbocycles. The number of ether oxygens (including phenoxy) is 1. The first-order valence-electron chi connectivity index (χ1n) is 9.16. The minimum atomic E-state index is -3.49. The monoisotopic (exact) mass is 437 g/mol. The van der Waals surface area contributed by atoms with E-state index in [9.17, 15) is 18.0 Å². The van der Waals surface area contributed by atoms with Crippen molar-refractivity contribution in [1.82, 2.24) is 4.98 Å². The van der Waals surface area contributed by atoms with Gasteiger partial charge in [0.05, 0.1) is 0 Å². The van der Waals surface area contributed by atoms with Crippen molar-refractivity contribution in [1.29, 1.82) is 0 Å². The molecule has 0 amide bonds. The topological polar surface area (TPSA) is 115 Å². The van der Waals surface area contributed by atoms with Crippen LogP contribution in [0.4, 0.5) is 13.2 Å². The number of hydrogen-bond acceptors (Lipinski definition) is 6. The van der Waals surface area contributed by atoms with Gasteiger partial charge >= 0.3 is 0 Å². The molecule has 0 fully saturated rings. The Bertz CT molecular complexity index is 980. The lowest BCUT2D eigenvalue weighted by molar-refractivity contribution is -0.122. The number of carbonyl (C=O) groups excluding carboxylic acids is 1. The van der Waals surface area contributed by atoms with Crippen molar-refractivity contribution in [3.05, 3.63) is 64.7 Å². The molecule has 0 bridgehead atoms. The summed E-state index contributed by atoms with van der Waals surface area (Å²) in [6, 6.07) is 7.01. The highest BCUT2D eigenvalue weighted by Crippen LogP contribution is 2.43. The summed E-state index contributed by atoms with van der Waals surface area (Å²) in [6.07, 6.45) is 1.45. The van der Waals surface area contributed by atoms with Crippen molar-refractivity contribution in [2.24, 2.45) is 10.7 Å². The zero-order chi connectivity index (χ0) is 23.2. The van der Waals surface area contributed by atoms with E-state index in [1.165, 1.54) is 12.1 Å². The third kappa shape index (κ3) is 5.46. The molecule has 1 aliphatic rings. The molecule has 7 nitrogen and oxygen atoms in total. The molecule has 10 heteroatoms. The van der Waals surface area contributed by atoms with E-state index in [2.05, 4.69) is 9.98 Å². The number of halogens is 3. The molecule has 2 heterocycles. The Morgan fingerprint density at radius 2 is 2.00 bits per heavy atom. The predicted molar refractivity (Wildman–Crippen MR) is 107 cm³/mol. The summed E-state index contributed by atoms with van der Waals surface area (Å²) < 4.78 is 48.8. The SMILES string of the molecule is Cc1ccc(C(=O)Cc2ccc(F)c([C@@]3(C)N=C(N)COCC3(F)F)c2)nc1.O=CO. The number of nitrogens with zero attached hydrogens (tertiary/aromatic N) is 2. The van der Waals surface area contributed by atoms with Crippen LogP contribution in [0.3, 0.4) is 0 Å². The number of ketones is 1. The van der Waals surface area contributed by atoms with Crippen molar-refractivity contribution in [3.63, 3.8) is 0 Å². The van der Waals surface area contributed by atoms with Gasteiger partial charge in [-0.25, -0.2) is 13.2 Å². The predicted octanol–water partition coefficient (Wildman–Crippen LogP) is 2.89. The Morgan fingerprint density at radius 3 is 2.61 bits per heavy atom. The van der Waals surface area contributed by atoms with E-state index < -0.39 is 23.9 Å². The Hall–Kier alpha value is -3.27. The summed E-state index contributed by atoms with van der Waals surface area (Å²) in [5.74, 6) is -4.80. The number of carboxylic acid groups (broad SMARTS) is 1. The fourth-order valence-corrected chi connectivity index (χ4v) is 3.05. The van der Waals surface area contributed by atoms with Crippen LogP contribution in [0.15, 0.2) is 41.5 Å². The first kappa shape index (κ1) is 24.0. The average Bonchev–Trinajstić information content (AvgIpc) is 2.80. The Kier molecular flexibility index (Phi) is 7.50. The highest BCUT2D eigenvalue weighted by atomic mass is 19.3. The highest BCUT2D eigenvalue weighted by Gasteiger charge is 2.54. The van der Waals surface area contributed by atoms with Crippen LogP contribution in [-0.2, 0) is 21.5 Å². The number of carbonyl (C=O) groups is 2. The van der Waals surface area contributed by atoms with Gasteiger partial charge in [-0.05, 0) is 43.2 Å². The molecule has 1 aromatic heterocycles. The first-order chi connectivity index (χ1) is 14.5. The molecular weight excluding hydrogens is 415 g/mol. The Labute approximate surface area is 176 Å². The summed E-state index contributed by atoms with van der Waals surface area (Å²) >= 11 is 0. The molecular formula is C21H22F3N3O4. The lowest BCUT2D eigenvalue weighted by Crippen LogP contribution is -2.45. The van der Waals surface area contributed by atoms with Crippen molar-refractivity contribution >= 4 is 18.1 Å². The van der Waals surface area contributed by atoms with Crippen molar-refractivity contribution in [2.45, 2.75) is 31.7 Å². The van der Waals surface area contributed by atoms with Crippen LogP contribution in [0.2, 0.25) is 0 Å². The number of nitrogens with two attached hydrogens (primary N) is 1. The second kappa shape index (κ2) is 9.69. The smallest absolute Gasteiger partial charge is 0.299 e. The van der Waals surface area contributed by atoms with Crippen LogP contribution < -0.4 is 5.73 Å². The number of alkyl halides is 2. The van der Waals surface area contributed by atoms with Crippen molar-refractivity contribution in [2.75, 3.05) is 13.2 Å². The maximum absolute atomic E-state index is 14.7. The second-order valence-electron chi connectivity index (χ2n) is 7.11. The minimum Gasteiger partial charge on any atom is -0.483 e. The standard InChI is InChI=1S/C20H20F3N3O2.CH2O2/c1-12-3-6-16(25-9-12)17(27)8-13-4-5-15(21)14(7-13)19(2)20(22,23)11-28-10-18(24)26-19;2-1-3/h3-7,9H,8,10-11H2,1-2H3,(H2,24,26);1H,(H,2,3)/t19-;/m1./s1. The molecule has 3 N–H and O–H groups in total. The lowest BCUT2D eigenvalue weighted by atomic mass is 9.84. The van der Waals surface area contributed by atoms with Gasteiger partial charge in [0.15, 0.2) is 11.3 Å². The average molecular weight is 437 g/mol. The van der Waals surface area contributed by atoms with Crippen molar-refractivity contribution < 1.29 is 32.6 Å². The van der Waals surface area contributed by atoms with E-state index in [4.69, 9.17) is 20.4 Å². The molecule has 1 atom stereocenters. The normalized spacial score (nSPS) is 20.0. The minimum absolute atomic E-state index is 0.110. The second-order valence-corrected chi connectivity index (χ2v) is 7.11. The molecule has 0 saturated heterocycles. The number of Topliss-reactive ketones (excluding diaryl/α,β-unsaturated/α-hetero) is 1. The maximum atomic E-state index is 14.7. The van der Waals surface area contributed by atoms with Crippen LogP contribution >= 0.6 is 0 Å². The van der Waals surface area contributed by atoms with Gasteiger partial charge in [0.25, 0.3) is 12.4 Å². The zero-order valence-corrected chi connectivity index (χ0v) is 16.9. The van der Waals surface area contributed by atoms with Gasteiger partial charge in [0, 0.05) is 18.2 Å². The van der Waals surface area contributed by atoms with Gasteiger partial charge in [-0.15, -0.1) is 0 Å². The first-order valence-corrected chi connectivity index (χ1v) is 9.16. The number of aromatic nitrogens is 1. The molecule has 0 saturated carbocycles. The molecule has 3 rings (SSSR count).